The Hall–Kier alpha value is -3.38. The van der Waals surface area contributed by atoms with Gasteiger partial charge >= 0.3 is 5.69 Å². The van der Waals surface area contributed by atoms with Gasteiger partial charge in [-0.2, -0.15) is 14.3 Å². The second kappa shape index (κ2) is 9.58. The first-order valence-corrected chi connectivity index (χ1v) is 12.3. The van der Waals surface area contributed by atoms with Crippen molar-refractivity contribution in [2.45, 2.75) is 70.6 Å². The van der Waals surface area contributed by atoms with Crippen LogP contribution in [0, 0.1) is 12.7 Å². The lowest BCUT2D eigenvalue weighted by Crippen LogP contribution is -2.55. The number of aromatic nitrogens is 6. The zero-order valence-corrected chi connectivity index (χ0v) is 20.8. The van der Waals surface area contributed by atoms with Crippen LogP contribution in [-0.4, -0.2) is 70.5 Å². The summed E-state index contributed by atoms with van der Waals surface area (Å²) < 4.78 is 16.9. The molecule has 0 saturated carbocycles. The van der Waals surface area contributed by atoms with Crippen LogP contribution in [0.3, 0.4) is 0 Å². The van der Waals surface area contributed by atoms with Gasteiger partial charge in [-0.1, -0.05) is 6.07 Å². The molecular weight excluding hydrogens is 465 g/mol. The minimum atomic E-state index is -0.496. The van der Waals surface area contributed by atoms with Crippen LogP contribution in [0.25, 0.3) is 5.69 Å². The third-order valence-corrected chi connectivity index (χ3v) is 7.19. The molecule has 2 saturated heterocycles. The maximum atomic E-state index is 14.7. The van der Waals surface area contributed by atoms with Crippen molar-refractivity contribution in [3.63, 3.8) is 0 Å². The molecule has 0 aliphatic carbocycles. The number of aliphatic hydroxyl groups excluding tert-OH is 1. The zero-order valence-electron chi connectivity index (χ0n) is 20.8. The van der Waals surface area contributed by atoms with E-state index in [2.05, 4.69) is 49.8 Å². The van der Waals surface area contributed by atoms with Gasteiger partial charge < -0.3 is 15.7 Å². The third-order valence-electron chi connectivity index (χ3n) is 7.19. The Kier molecular flexibility index (Phi) is 6.47. The van der Waals surface area contributed by atoms with Crippen molar-refractivity contribution in [2.24, 2.45) is 0 Å². The second-order valence-corrected chi connectivity index (χ2v) is 10.2. The molecule has 11 nitrogen and oxygen atoms in total. The highest BCUT2D eigenvalue weighted by atomic mass is 19.1. The van der Waals surface area contributed by atoms with Gasteiger partial charge in [0.2, 0.25) is 5.95 Å². The van der Waals surface area contributed by atoms with E-state index < -0.39 is 11.5 Å². The van der Waals surface area contributed by atoms with Gasteiger partial charge in [0.15, 0.2) is 11.6 Å². The zero-order chi connectivity index (χ0) is 25.4. The summed E-state index contributed by atoms with van der Waals surface area (Å²) in [4.78, 5) is 23.7. The second-order valence-electron chi connectivity index (χ2n) is 10.2. The van der Waals surface area contributed by atoms with Crippen LogP contribution in [0.4, 0.5) is 21.8 Å². The van der Waals surface area contributed by atoms with Gasteiger partial charge in [0.1, 0.15) is 0 Å². The average Bonchev–Trinajstić information content (AvgIpc) is 3.45. The lowest BCUT2D eigenvalue weighted by molar-refractivity contribution is 0.0500. The number of nitrogens with one attached hydrogen (secondary N) is 2. The van der Waals surface area contributed by atoms with Crippen molar-refractivity contribution in [1.82, 2.24) is 34.7 Å². The fourth-order valence-electron chi connectivity index (χ4n) is 5.55. The molecule has 0 bridgehead atoms. The van der Waals surface area contributed by atoms with Crippen LogP contribution in [0.15, 0.2) is 29.2 Å². The molecule has 0 unspecified atom stereocenters. The molecule has 4 heterocycles. The highest BCUT2D eigenvalue weighted by molar-refractivity contribution is 5.60. The van der Waals surface area contributed by atoms with Crippen LogP contribution in [-0.2, 0) is 6.54 Å². The van der Waals surface area contributed by atoms with Crippen LogP contribution in [0.2, 0.25) is 0 Å². The Morgan fingerprint density at radius 3 is 2.92 bits per heavy atom. The fourth-order valence-corrected chi connectivity index (χ4v) is 5.55. The van der Waals surface area contributed by atoms with E-state index in [1.165, 1.54) is 17.5 Å². The lowest BCUT2D eigenvalue weighted by atomic mass is 9.84. The van der Waals surface area contributed by atoms with Crippen molar-refractivity contribution in [1.29, 1.82) is 0 Å². The first kappa shape index (κ1) is 24.3. The number of halogens is 1. The van der Waals surface area contributed by atoms with E-state index in [1.807, 2.05) is 19.1 Å². The molecular formula is C24H32FN9O2. The molecule has 1 aromatic carbocycles. The molecule has 2 aliphatic rings. The summed E-state index contributed by atoms with van der Waals surface area (Å²) in [5.74, 6) is -0.0818. The van der Waals surface area contributed by atoms with Crippen molar-refractivity contribution < 1.29 is 9.50 Å². The summed E-state index contributed by atoms with van der Waals surface area (Å²) >= 11 is 0. The minimum Gasteiger partial charge on any atom is -0.394 e. The fraction of sp³-hybridized carbons (Fsp3) is 0.542. The number of nitrogens with zero attached hydrogens (tertiary/aromatic N) is 7. The van der Waals surface area contributed by atoms with E-state index in [0.29, 0.717) is 17.4 Å². The van der Waals surface area contributed by atoms with E-state index in [-0.39, 0.29) is 36.5 Å². The number of rotatable bonds is 7. The summed E-state index contributed by atoms with van der Waals surface area (Å²) in [7, 11) is 0. The number of piperidine rings is 1. The maximum absolute atomic E-state index is 14.7. The molecule has 2 fully saturated rings. The predicted octanol–water partition coefficient (Wildman–Crippen LogP) is 2.22. The first-order valence-electron chi connectivity index (χ1n) is 12.3. The molecule has 3 aromatic rings. The number of anilines is 3. The van der Waals surface area contributed by atoms with E-state index in [4.69, 9.17) is 5.11 Å². The van der Waals surface area contributed by atoms with Gasteiger partial charge in [-0.15, -0.1) is 0 Å². The van der Waals surface area contributed by atoms with Gasteiger partial charge in [0.25, 0.3) is 0 Å². The highest BCUT2D eigenvalue weighted by Gasteiger charge is 2.43. The largest absolute Gasteiger partial charge is 0.394 e. The average molecular weight is 498 g/mol. The molecule has 0 amide bonds. The summed E-state index contributed by atoms with van der Waals surface area (Å²) in [6, 6.07) is 6.01. The van der Waals surface area contributed by atoms with Crippen molar-refractivity contribution in [3.8, 4) is 5.69 Å². The van der Waals surface area contributed by atoms with Gasteiger partial charge in [-0.3, -0.25) is 4.90 Å². The van der Waals surface area contributed by atoms with E-state index in [9.17, 15) is 9.18 Å². The number of aryl methyl sites for hydroxylation is 1. The topological polar surface area (TPSA) is 126 Å². The van der Waals surface area contributed by atoms with Gasteiger partial charge in [0, 0.05) is 23.3 Å². The normalized spacial score (nSPS) is 21.4. The molecule has 2 atom stereocenters. The minimum absolute atomic E-state index is 0.0527. The van der Waals surface area contributed by atoms with Crippen molar-refractivity contribution >= 4 is 17.5 Å². The molecule has 192 valence electrons. The van der Waals surface area contributed by atoms with Crippen molar-refractivity contribution in [2.75, 3.05) is 23.8 Å². The molecule has 2 aromatic heterocycles. The predicted molar refractivity (Wildman–Crippen MR) is 133 cm³/mol. The molecule has 3 N–H and O–H groups in total. The Morgan fingerprint density at radius 1 is 1.28 bits per heavy atom. The number of hydrogen-bond acceptors (Lipinski definition) is 9. The summed E-state index contributed by atoms with van der Waals surface area (Å²) in [5, 5.41) is 23.3. The molecule has 36 heavy (non-hydrogen) atoms. The number of benzene rings is 1. The summed E-state index contributed by atoms with van der Waals surface area (Å²) in [5.41, 5.74) is 1.54. The number of aliphatic hydroxyl groups is 1. The van der Waals surface area contributed by atoms with Crippen LogP contribution >= 0.6 is 0 Å². The standard InChI is InChI=1S/C24H32FN9O2/c1-15-6-7-16(12-20(15)34-23(36)33(9-10-35)30-31-34)28-22-26-14-19(25)21(29-22)27-17-11-18-5-4-8-32(18)24(2,3)13-17/h6-7,12,14,17-18,35H,4-5,8-11,13H2,1-3H3,(H2,26,27,28,29)/t17-,18+/m1/s1. The van der Waals surface area contributed by atoms with Crippen LogP contribution < -0.4 is 16.3 Å². The Morgan fingerprint density at radius 2 is 2.11 bits per heavy atom. The highest BCUT2D eigenvalue weighted by Crippen LogP contribution is 2.38. The lowest BCUT2D eigenvalue weighted by Gasteiger charge is -2.47. The maximum Gasteiger partial charge on any atom is 0.368 e. The van der Waals surface area contributed by atoms with E-state index >= 15 is 0 Å². The third kappa shape index (κ3) is 4.70. The quantitative estimate of drug-likeness (QED) is 0.450. The van der Waals surface area contributed by atoms with Gasteiger partial charge in [0.05, 0.1) is 25.0 Å². The summed E-state index contributed by atoms with van der Waals surface area (Å²) in [6.45, 7) is 7.34. The molecule has 0 radical (unpaired) electrons. The van der Waals surface area contributed by atoms with Crippen LogP contribution in [0.1, 0.15) is 45.1 Å². The molecule has 12 heteroatoms. The smallest absolute Gasteiger partial charge is 0.368 e. The Balaban J connectivity index is 1.35. The number of fused-ring (bicyclic) bond motifs is 1. The Labute approximate surface area is 208 Å². The number of hydrogen-bond donors (Lipinski definition) is 3. The van der Waals surface area contributed by atoms with E-state index in [1.54, 1.807) is 6.07 Å². The molecule has 5 rings (SSSR count). The van der Waals surface area contributed by atoms with Gasteiger partial charge in [-0.25, -0.2) is 14.2 Å². The monoisotopic (exact) mass is 497 g/mol. The SMILES string of the molecule is Cc1ccc(Nc2ncc(F)c(N[C@@H]3C[C@@H]4CCCN4C(C)(C)C3)n2)cc1-n1nnn(CCO)c1=O. The van der Waals surface area contributed by atoms with Gasteiger partial charge in [-0.05, 0) is 81.1 Å². The molecule has 0 spiro atoms. The number of tetrazole rings is 1. The molecule has 2 aliphatic heterocycles. The van der Waals surface area contributed by atoms with Crippen molar-refractivity contribution in [3.05, 3.63) is 46.3 Å². The summed E-state index contributed by atoms with van der Waals surface area (Å²) in [6.07, 6.45) is 5.41. The van der Waals surface area contributed by atoms with Crippen LogP contribution in [0.5, 0.6) is 0 Å². The van der Waals surface area contributed by atoms with E-state index in [0.717, 1.165) is 35.8 Å². The Bertz CT molecular complexity index is 1300. The first-order chi connectivity index (χ1) is 17.2.